The Balaban J connectivity index is 2.01. The van der Waals surface area contributed by atoms with Crippen LogP contribution in [0.1, 0.15) is 44.2 Å². The normalized spacial score (nSPS) is 12.8. The molecular formula is C24H29NO5. The Bertz CT molecular complexity index is 884. The van der Waals surface area contributed by atoms with Crippen LogP contribution in [0.25, 0.3) is 6.08 Å². The fourth-order valence-corrected chi connectivity index (χ4v) is 2.85. The molecule has 0 aromatic heterocycles. The molecule has 2 aromatic carbocycles. The summed E-state index contributed by atoms with van der Waals surface area (Å²) in [7, 11) is 3.10. The van der Waals surface area contributed by atoms with Gasteiger partial charge in [-0.3, -0.25) is 4.79 Å². The smallest absolute Gasteiger partial charge is 0.331 e. The van der Waals surface area contributed by atoms with Gasteiger partial charge in [-0.25, -0.2) is 4.79 Å². The molecule has 0 spiro atoms. The van der Waals surface area contributed by atoms with E-state index in [1.165, 1.54) is 6.08 Å². The number of ether oxygens (including phenoxy) is 3. The van der Waals surface area contributed by atoms with Gasteiger partial charge < -0.3 is 19.5 Å². The molecule has 0 heterocycles. The van der Waals surface area contributed by atoms with Crippen LogP contribution in [0.5, 0.6) is 11.5 Å². The molecule has 2 rings (SSSR count). The van der Waals surface area contributed by atoms with E-state index < -0.39 is 12.1 Å². The van der Waals surface area contributed by atoms with Crippen LogP contribution in [0.3, 0.4) is 0 Å². The summed E-state index contributed by atoms with van der Waals surface area (Å²) in [6.07, 6.45) is 2.87. The standard InChI is InChI=1S/C24H29NO5/c1-6-16(2)21-9-7-8-10-22(21)25-24(27)17(3)30-23(26)12-11-18-13-19(28-4)15-20(14-18)29-5/h7-17H,6H2,1-5H3,(H,25,27)/b12-11+/t16-,17-/m0/s1. The first kappa shape index (κ1) is 23.0. The molecule has 0 aliphatic carbocycles. The Morgan fingerprint density at radius 3 is 2.27 bits per heavy atom. The van der Waals surface area contributed by atoms with E-state index in [0.29, 0.717) is 23.0 Å². The molecule has 2 atom stereocenters. The summed E-state index contributed by atoms with van der Waals surface area (Å²) in [5, 5.41) is 2.86. The molecule has 1 amide bonds. The van der Waals surface area contributed by atoms with Gasteiger partial charge in [0.2, 0.25) is 0 Å². The van der Waals surface area contributed by atoms with Crippen molar-refractivity contribution in [3.63, 3.8) is 0 Å². The highest BCUT2D eigenvalue weighted by Gasteiger charge is 2.19. The van der Waals surface area contributed by atoms with Crippen molar-refractivity contribution in [2.75, 3.05) is 19.5 Å². The summed E-state index contributed by atoms with van der Waals surface area (Å²) in [6, 6.07) is 12.9. The first-order valence-electron chi connectivity index (χ1n) is 9.89. The number of methoxy groups -OCH3 is 2. The van der Waals surface area contributed by atoms with Crippen LogP contribution in [0.2, 0.25) is 0 Å². The van der Waals surface area contributed by atoms with E-state index in [4.69, 9.17) is 14.2 Å². The summed E-state index contributed by atoms with van der Waals surface area (Å²) >= 11 is 0. The van der Waals surface area contributed by atoms with Crippen LogP contribution in [0.15, 0.2) is 48.5 Å². The molecule has 0 saturated heterocycles. The number of para-hydroxylation sites is 1. The molecule has 1 N–H and O–H groups in total. The predicted molar refractivity (Wildman–Crippen MR) is 118 cm³/mol. The van der Waals surface area contributed by atoms with Crippen molar-refractivity contribution in [2.24, 2.45) is 0 Å². The van der Waals surface area contributed by atoms with Gasteiger partial charge in [-0.15, -0.1) is 0 Å². The van der Waals surface area contributed by atoms with Crippen LogP contribution in [-0.2, 0) is 14.3 Å². The molecule has 30 heavy (non-hydrogen) atoms. The lowest BCUT2D eigenvalue weighted by Crippen LogP contribution is -2.29. The molecular weight excluding hydrogens is 382 g/mol. The minimum absolute atomic E-state index is 0.308. The number of carbonyl (C=O) groups excluding carboxylic acids is 2. The van der Waals surface area contributed by atoms with Gasteiger partial charge in [0, 0.05) is 17.8 Å². The minimum atomic E-state index is -0.938. The van der Waals surface area contributed by atoms with E-state index in [9.17, 15) is 9.59 Å². The Kier molecular flexibility index (Phi) is 8.47. The van der Waals surface area contributed by atoms with Crippen molar-refractivity contribution < 1.29 is 23.8 Å². The van der Waals surface area contributed by atoms with E-state index >= 15 is 0 Å². The molecule has 0 aliphatic heterocycles. The Labute approximate surface area is 177 Å². The van der Waals surface area contributed by atoms with Crippen LogP contribution >= 0.6 is 0 Å². The number of benzene rings is 2. The first-order chi connectivity index (χ1) is 14.4. The lowest BCUT2D eigenvalue weighted by atomic mass is 9.97. The lowest BCUT2D eigenvalue weighted by molar-refractivity contribution is -0.148. The fraction of sp³-hybridized carbons (Fsp3) is 0.333. The predicted octanol–water partition coefficient (Wildman–Crippen LogP) is 4.80. The first-order valence-corrected chi connectivity index (χ1v) is 9.89. The summed E-state index contributed by atoms with van der Waals surface area (Å²) in [4.78, 5) is 24.7. The maximum atomic E-state index is 12.5. The van der Waals surface area contributed by atoms with E-state index in [0.717, 1.165) is 17.7 Å². The van der Waals surface area contributed by atoms with E-state index in [2.05, 4.69) is 19.2 Å². The highest BCUT2D eigenvalue weighted by atomic mass is 16.5. The number of hydrogen-bond donors (Lipinski definition) is 1. The molecule has 6 nitrogen and oxygen atoms in total. The zero-order valence-electron chi connectivity index (χ0n) is 18.1. The van der Waals surface area contributed by atoms with Crippen LogP contribution < -0.4 is 14.8 Å². The highest BCUT2D eigenvalue weighted by Crippen LogP contribution is 2.27. The number of amides is 1. The number of hydrogen-bond acceptors (Lipinski definition) is 5. The van der Waals surface area contributed by atoms with Crippen molar-refractivity contribution >= 4 is 23.6 Å². The van der Waals surface area contributed by atoms with Crippen LogP contribution in [-0.4, -0.2) is 32.2 Å². The van der Waals surface area contributed by atoms with E-state index in [1.54, 1.807) is 45.4 Å². The Morgan fingerprint density at radius 1 is 1.03 bits per heavy atom. The summed E-state index contributed by atoms with van der Waals surface area (Å²) in [6.45, 7) is 5.74. The van der Waals surface area contributed by atoms with E-state index in [-0.39, 0.29) is 5.91 Å². The van der Waals surface area contributed by atoms with E-state index in [1.807, 2.05) is 24.3 Å². The maximum absolute atomic E-state index is 12.5. The van der Waals surface area contributed by atoms with Gasteiger partial charge in [0.1, 0.15) is 11.5 Å². The number of carbonyl (C=O) groups is 2. The molecule has 0 aliphatic rings. The summed E-state index contributed by atoms with van der Waals surface area (Å²) in [5.41, 5.74) is 2.50. The fourth-order valence-electron chi connectivity index (χ4n) is 2.85. The summed E-state index contributed by atoms with van der Waals surface area (Å²) in [5.74, 6) is 0.525. The minimum Gasteiger partial charge on any atom is -0.497 e. The second-order valence-electron chi connectivity index (χ2n) is 6.94. The highest BCUT2D eigenvalue weighted by molar-refractivity contribution is 5.97. The molecule has 0 bridgehead atoms. The van der Waals surface area contributed by atoms with Gasteiger partial charge in [0.25, 0.3) is 5.91 Å². The SMILES string of the molecule is CC[C@H](C)c1ccccc1NC(=O)[C@H](C)OC(=O)/C=C/c1cc(OC)cc(OC)c1. The summed E-state index contributed by atoms with van der Waals surface area (Å²) < 4.78 is 15.7. The number of nitrogens with one attached hydrogen (secondary N) is 1. The molecule has 2 aromatic rings. The van der Waals surface area contributed by atoms with Gasteiger partial charge >= 0.3 is 5.97 Å². The molecule has 0 unspecified atom stereocenters. The largest absolute Gasteiger partial charge is 0.497 e. The van der Waals surface area contributed by atoms with Crippen LogP contribution in [0.4, 0.5) is 5.69 Å². The second kappa shape index (κ2) is 11.0. The van der Waals surface area contributed by atoms with Crippen molar-refractivity contribution in [2.45, 2.75) is 39.2 Å². The van der Waals surface area contributed by atoms with Gasteiger partial charge in [-0.05, 0) is 54.7 Å². The topological polar surface area (TPSA) is 73.9 Å². The molecule has 6 heteroatoms. The number of rotatable bonds is 9. The average molecular weight is 411 g/mol. The van der Waals surface area contributed by atoms with Crippen molar-refractivity contribution in [1.82, 2.24) is 0 Å². The zero-order chi connectivity index (χ0) is 22.1. The van der Waals surface area contributed by atoms with Crippen molar-refractivity contribution in [3.05, 3.63) is 59.7 Å². The Hall–Kier alpha value is -3.28. The van der Waals surface area contributed by atoms with Gasteiger partial charge in [0.05, 0.1) is 14.2 Å². The number of esters is 1. The lowest BCUT2D eigenvalue weighted by Gasteiger charge is -2.17. The molecule has 0 fully saturated rings. The van der Waals surface area contributed by atoms with Crippen molar-refractivity contribution in [1.29, 1.82) is 0 Å². The number of anilines is 1. The average Bonchev–Trinajstić information content (AvgIpc) is 2.77. The Morgan fingerprint density at radius 2 is 1.67 bits per heavy atom. The molecule has 0 saturated carbocycles. The second-order valence-corrected chi connectivity index (χ2v) is 6.94. The van der Waals surface area contributed by atoms with Gasteiger partial charge in [-0.2, -0.15) is 0 Å². The molecule has 0 radical (unpaired) electrons. The third kappa shape index (κ3) is 6.37. The maximum Gasteiger partial charge on any atom is 0.331 e. The monoisotopic (exact) mass is 411 g/mol. The van der Waals surface area contributed by atoms with Crippen LogP contribution in [0, 0.1) is 0 Å². The molecule has 160 valence electrons. The third-order valence-corrected chi connectivity index (χ3v) is 4.81. The zero-order valence-corrected chi connectivity index (χ0v) is 18.1. The third-order valence-electron chi connectivity index (χ3n) is 4.81. The van der Waals surface area contributed by atoms with Crippen molar-refractivity contribution in [3.8, 4) is 11.5 Å². The van der Waals surface area contributed by atoms with Gasteiger partial charge in [-0.1, -0.05) is 32.0 Å². The van der Waals surface area contributed by atoms with Gasteiger partial charge in [0.15, 0.2) is 6.10 Å². The quantitative estimate of drug-likeness (QED) is 0.474.